The van der Waals surface area contributed by atoms with Crippen LogP contribution < -0.4 is 15.0 Å². The van der Waals surface area contributed by atoms with E-state index in [0.717, 1.165) is 5.75 Å². The van der Waals surface area contributed by atoms with Gasteiger partial charge in [-0.05, 0) is 52.0 Å². The van der Waals surface area contributed by atoms with Gasteiger partial charge in [-0.2, -0.15) is 0 Å². The Labute approximate surface area is 118 Å². The maximum absolute atomic E-state index is 12.3. The molecule has 1 aliphatic heterocycles. The minimum absolute atomic E-state index is 0.0483. The molecule has 1 aliphatic rings. The average Bonchev–Trinajstić information content (AvgIpc) is 2.33. The number of rotatable bonds is 3. The molecule has 0 aromatic heterocycles. The molecule has 1 aromatic rings. The average molecular weight is 276 g/mol. The van der Waals surface area contributed by atoms with E-state index >= 15 is 0 Å². The third-order valence-electron chi connectivity index (χ3n) is 3.05. The predicted octanol–water partition coefficient (Wildman–Crippen LogP) is 1.72. The second-order valence-electron chi connectivity index (χ2n) is 5.72. The molecule has 2 rings (SSSR count). The van der Waals surface area contributed by atoms with Crippen molar-refractivity contribution in [1.82, 2.24) is 5.32 Å². The lowest BCUT2D eigenvalue weighted by Gasteiger charge is -2.37. The van der Waals surface area contributed by atoms with Crippen molar-refractivity contribution in [1.29, 1.82) is 0 Å². The van der Waals surface area contributed by atoms with Crippen LogP contribution >= 0.6 is 0 Å². The summed E-state index contributed by atoms with van der Waals surface area (Å²) in [5.74, 6) is 0.476. The molecule has 0 atom stereocenters. The smallest absolute Gasteiger partial charge is 0.252 e. The molecule has 0 aliphatic carbocycles. The van der Waals surface area contributed by atoms with Crippen molar-refractivity contribution >= 4 is 17.5 Å². The molecule has 108 valence electrons. The topological polar surface area (TPSA) is 58.6 Å². The molecule has 5 heteroatoms. The van der Waals surface area contributed by atoms with E-state index in [1.54, 1.807) is 26.0 Å². The van der Waals surface area contributed by atoms with Gasteiger partial charge >= 0.3 is 0 Å². The maximum atomic E-state index is 12.3. The Balaban J connectivity index is 2.22. The van der Waals surface area contributed by atoms with Crippen molar-refractivity contribution in [3.8, 4) is 5.75 Å². The molecule has 1 heterocycles. The number of carbonyl (C=O) groups is 2. The molecule has 0 bridgehead atoms. The van der Waals surface area contributed by atoms with E-state index < -0.39 is 5.54 Å². The van der Waals surface area contributed by atoms with E-state index in [9.17, 15) is 9.59 Å². The summed E-state index contributed by atoms with van der Waals surface area (Å²) < 4.78 is 5.56. The standard InChI is InChI=1S/C15H20N2O3/c1-10(2)20-12-7-5-11(6-8-12)17-9-13(18)16-15(3,4)14(17)19/h5-8,10H,9H2,1-4H3,(H,16,18). The fourth-order valence-corrected chi connectivity index (χ4v) is 2.18. The highest BCUT2D eigenvalue weighted by Crippen LogP contribution is 2.24. The lowest BCUT2D eigenvalue weighted by Crippen LogP contribution is -2.64. The van der Waals surface area contributed by atoms with Crippen molar-refractivity contribution in [2.75, 3.05) is 11.4 Å². The normalized spacial score (nSPS) is 18.1. The number of piperazine rings is 1. The largest absolute Gasteiger partial charge is 0.491 e. The quantitative estimate of drug-likeness (QED) is 0.914. The van der Waals surface area contributed by atoms with Gasteiger partial charge < -0.3 is 15.0 Å². The number of hydrogen-bond donors (Lipinski definition) is 1. The van der Waals surface area contributed by atoms with Crippen molar-refractivity contribution in [2.45, 2.75) is 39.3 Å². The van der Waals surface area contributed by atoms with Gasteiger partial charge in [0.25, 0.3) is 5.91 Å². The van der Waals surface area contributed by atoms with Gasteiger partial charge in [-0.25, -0.2) is 0 Å². The van der Waals surface area contributed by atoms with E-state index in [2.05, 4.69) is 5.32 Å². The maximum Gasteiger partial charge on any atom is 0.252 e. The van der Waals surface area contributed by atoms with E-state index in [-0.39, 0.29) is 24.5 Å². The van der Waals surface area contributed by atoms with E-state index in [4.69, 9.17) is 4.74 Å². The first kappa shape index (κ1) is 14.4. The summed E-state index contributed by atoms with van der Waals surface area (Å²) >= 11 is 0. The molecular formula is C15H20N2O3. The molecule has 0 radical (unpaired) electrons. The molecular weight excluding hydrogens is 256 g/mol. The SMILES string of the molecule is CC(C)Oc1ccc(N2CC(=O)NC(C)(C)C2=O)cc1. The van der Waals surface area contributed by atoms with Gasteiger partial charge in [-0.3, -0.25) is 9.59 Å². The van der Waals surface area contributed by atoms with Crippen molar-refractivity contribution in [2.24, 2.45) is 0 Å². The summed E-state index contributed by atoms with van der Waals surface area (Å²) in [6.45, 7) is 7.36. The highest BCUT2D eigenvalue weighted by atomic mass is 16.5. The van der Waals surface area contributed by atoms with E-state index in [1.807, 2.05) is 26.0 Å². The second kappa shape index (κ2) is 5.15. The Morgan fingerprint density at radius 2 is 1.80 bits per heavy atom. The van der Waals surface area contributed by atoms with Crippen LogP contribution in [0, 0.1) is 0 Å². The Morgan fingerprint density at radius 1 is 1.20 bits per heavy atom. The molecule has 0 spiro atoms. The molecule has 20 heavy (non-hydrogen) atoms. The second-order valence-corrected chi connectivity index (χ2v) is 5.72. The van der Waals surface area contributed by atoms with Crippen LogP contribution in [0.15, 0.2) is 24.3 Å². The molecule has 1 saturated heterocycles. The number of carbonyl (C=O) groups excluding carboxylic acids is 2. The lowest BCUT2D eigenvalue weighted by molar-refractivity contribution is -0.134. The monoisotopic (exact) mass is 276 g/mol. The van der Waals surface area contributed by atoms with Crippen LogP contribution in [-0.2, 0) is 9.59 Å². The molecule has 1 aromatic carbocycles. The first-order valence-corrected chi connectivity index (χ1v) is 6.69. The molecule has 1 fully saturated rings. The van der Waals surface area contributed by atoms with Crippen LogP contribution in [0.25, 0.3) is 0 Å². The summed E-state index contributed by atoms with van der Waals surface area (Å²) in [6.07, 6.45) is 0.0992. The van der Waals surface area contributed by atoms with Crippen LogP contribution in [0.4, 0.5) is 5.69 Å². The first-order valence-electron chi connectivity index (χ1n) is 6.69. The summed E-state index contributed by atoms with van der Waals surface area (Å²) in [7, 11) is 0. The fourth-order valence-electron chi connectivity index (χ4n) is 2.18. The lowest BCUT2D eigenvalue weighted by atomic mass is 10.00. The van der Waals surface area contributed by atoms with Crippen molar-refractivity contribution in [3.05, 3.63) is 24.3 Å². The van der Waals surface area contributed by atoms with Gasteiger partial charge in [0.15, 0.2) is 0 Å². The van der Waals surface area contributed by atoms with E-state index in [1.165, 1.54) is 4.90 Å². The molecule has 0 saturated carbocycles. The number of benzene rings is 1. The van der Waals surface area contributed by atoms with Crippen molar-refractivity contribution < 1.29 is 14.3 Å². The van der Waals surface area contributed by atoms with E-state index in [0.29, 0.717) is 5.69 Å². The summed E-state index contributed by atoms with van der Waals surface area (Å²) in [4.78, 5) is 25.5. The van der Waals surface area contributed by atoms with Gasteiger partial charge in [0, 0.05) is 5.69 Å². The Morgan fingerprint density at radius 3 is 2.35 bits per heavy atom. The minimum atomic E-state index is -0.873. The number of anilines is 1. The third-order valence-corrected chi connectivity index (χ3v) is 3.05. The van der Waals surface area contributed by atoms with Crippen LogP contribution in [0.3, 0.4) is 0 Å². The zero-order valence-electron chi connectivity index (χ0n) is 12.3. The summed E-state index contributed by atoms with van der Waals surface area (Å²) in [5, 5.41) is 2.69. The number of ether oxygens (including phenoxy) is 1. The molecule has 0 unspecified atom stereocenters. The van der Waals surface area contributed by atoms with Gasteiger partial charge in [0.1, 0.15) is 17.8 Å². The summed E-state index contributed by atoms with van der Waals surface area (Å²) in [6, 6.07) is 7.21. The molecule has 1 N–H and O–H groups in total. The Hall–Kier alpha value is -2.04. The van der Waals surface area contributed by atoms with Crippen molar-refractivity contribution in [3.63, 3.8) is 0 Å². The summed E-state index contributed by atoms with van der Waals surface area (Å²) in [5.41, 5.74) is -0.170. The number of nitrogens with one attached hydrogen (secondary N) is 1. The Kier molecular flexibility index (Phi) is 3.70. The highest BCUT2D eigenvalue weighted by molar-refractivity contribution is 6.08. The van der Waals surface area contributed by atoms with Gasteiger partial charge in [0.2, 0.25) is 5.91 Å². The fraction of sp³-hybridized carbons (Fsp3) is 0.467. The highest BCUT2D eigenvalue weighted by Gasteiger charge is 2.39. The molecule has 5 nitrogen and oxygen atoms in total. The van der Waals surface area contributed by atoms with Gasteiger partial charge in [0.05, 0.1) is 6.10 Å². The van der Waals surface area contributed by atoms with Crippen LogP contribution in [0.2, 0.25) is 0 Å². The van der Waals surface area contributed by atoms with Gasteiger partial charge in [-0.15, -0.1) is 0 Å². The van der Waals surface area contributed by atoms with Crippen LogP contribution in [0.5, 0.6) is 5.75 Å². The first-order chi connectivity index (χ1) is 9.29. The number of nitrogens with zero attached hydrogens (tertiary/aromatic N) is 1. The Bertz CT molecular complexity index is 520. The number of hydrogen-bond acceptors (Lipinski definition) is 3. The zero-order chi connectivity index (χ0) is 14.9. The zero-order valence-corrected chi connectivity index (χ0v) is 12.3. The predicted molar refractivity (Wildman–Crippen MR) is 76.8 cm³/mol. The third kappa shape index (κ3) is 2.92. The molecule has 2 amide bonds. The van der Waals surface area contributed by atoms with Gasteiger partial charge in [-0.1, -0.05) is 0 Å². The van der Waals surface area contributed by atoms with Crippen LogP contribution in [0.1, 0.15) is 27.7 Å². The minimum Gasteiger partial charge on any atom is -0.491 e. The number of amides is 2. The van der Waals surface area contributed by atoms with Crippen LogP contribution in [-0.4, -0.2) is 30.0 Å².